The first kappa shape index (κ1) is 18.7. The molecule has 3 rings (SSSR count). The van der Waals surface area contributed by atoms with Crippen LogP contribution in [0.4, 0.5) is 10.5 Å². The van der Waals surface area contributed by atoms with Crippen molar-refractivity contribution in [1.82, 2.24) is 5.32 Å². The summed E-state index contributed by atoms with van der Waals surface area (Å²) in [7, 11) is 0. The monoisotopic (exact) mass is 366 g/mol. The minimum atomic E-state index is -1.17. The lowest BCUT2D eigenvalue weighted by Crippen LogP contribution is -2.35. The highest BCUT2D eigenvalue weighted by Crippen LogP contribution is 2.24. The molecule has 0 spiro atoms. The summed E-state index contributed by atoms with van der Waals surface area (Å²) in [6, 6.07) is 20.1. The Morgan fingerprint density at radius 1 is 1.00 bits per heavy atom. The largest absolute Gasteiger partial charge is 0.445 e. The Balaban J connectivity index is 1.53. The summed E-state index contributed by atoms with van der Waals surface area (Å²) < 4.78 is 5.08. The van der Waals surface area contributed by atoms with Gasteiger partial charge in [0.1, 0.15) is 18.8 Å². The maximum absolute atomic E-state index is 11.7. The van der Waals surface area contributed by atoms with Crippen LogP contribution < -0.4 is 11.1 Å². The molecular weight excluding hydrogens is 344 g/mol. The number of alkyl carbamates (subject to hydrolysis) is 1. The van der Waals surface area contributed by atoms with Gasteiger partial charge in [-0.15, -0.1) is 0 Å². The lowest BCUT2D eigenvalue weighted by Gasteiger charge is -2.19. The molecule has 1 amide bonds. The molecule has 5 N–H and O–H groups in total. The van der Waals surface area contributed by atoms with Gasteiger partial charge in [0.15, 0.2) is 0 Å². The molecular formula is C21H22N2O4. The Morgan fingerprint density at radius 2 is 1.70 bits per heavy atom. The number of benzene rings is 3. The normalized spacial score (nSPS) is 13.1. The fraction of sp³-hybridized carbons (Fsp3) is 0.190. The number of rotatable bonds is 6. The van der Waals surface area contributed by atoms with Gasteiger partial charge < -0.3 is 26.0 Å². The lowest BCUT2D eigenvalue weighted by molar-refractivity contribution is 0.0185. The summed E-state index contributed by atoms with van der Waals surface area (Å²) >= 11 is 0. The molecule has 0 radical (unpaired) electrons. The first-order valence-electron chi connectivity index (χ1n) is 8.63. The van der Waals surface area contributed by atoms with Crippen molar-refractivity contribution in [1.29, 1.82) is 0 Å². The van der Waals surface area contributed by atoms with Crippen molar-refractivity contribution < 1.29 is 19.7 Å². The van der Waals surface area contributed by atoms with E-state index in [2.05, 4.69) is 5.32 Å². The number of anilines is 1. The van der Waals surface area contributed by atoms with Gasteiger partial charge in [-0.1, -0.05) is 48.5 Å². The second kappa shape index (κ2) is 8.53. The van der Waals surface area contributed by atoms with Gasteiger partial charge in [0.05, 0.1) is 0 Å². The van der Waals surface area contributed by atoms with Gasteiger partial charge in [0.25, 0.3) is 0 Å². The van der Waals surface area contributed by atoms with Gasteiger partial charge >= 0.3 is 6.09 Å². The lowest BCUT2D eigenvalue weighted by atomic mass is 10.00. The van der Waals surface area contributed by atoms with Crippen molar-refractivity contribution in [2.45, 2.75) is 18.8 Å². The van der Waals surface area contributed by atoms with Crippen LogP contribution in [0.25, 0.3) is 10.8 Å². The van der Waals surface area contributed by atoms with Crippen molar-refractivity contribution in [3.8, 4) is 0 Å². The van der Waals surface area contributed by atoms with Crippen molar-refractivity contribution in [3.63, 3.8) is 0 Å². The molecule has 6 heteroatoms. The highest BCUT2D eigenvalue weighted by atomic mass is 16.5. The third-order valence-corrected chi connectivity index (χ3v) is 4.26. The number of hydrogen-bond acceptors (Lipinski definition) is 5. The molecule has 2 unspecified atom stereocenters. The van der Waals surface area contributed by atoms with E-state index >= 15 is 0 Å². The molecule has 0 aliphatic heterocycles. The van der Waals surface area contributed by atoms with Crippen molar-refractivity contribution in [2.24, 2.45) is 0 Å². The fourth-order valence-corrected chi connectivity index (χ4v) is 2.76. The quantitative estimate of drug-likeness (QED) is 0.502. The molecule has 0 saturated heterocycles. The number of amides is 1. The van der Waals surface area contributed by atoms with E-state index in [0.29, 0.717) is 11.3 Å². The summed E-state index contributed by atoms with van der Waals surface area (Å²) in [5.74, 6) is 0. The second-order valence-corrected chi connectivity index (χ2v) is 6.32. The van der Waals surface area contributed by atoms with Crippen molar-refractivity contribution in [3.05, 3.63) is 77.9 Å². The SMILES string of the molecule is Nc1ccc2cc(C(O)C(O)CNC(=O)OCc3ccccc3)ccc2c1. The van der Waals surface area contributed by atoms with Gasteiger partial charge in [-0.25, -0.2) is 4.79 Å². The van der Waals surface area contributed by atoms with E-state index in [1.54, 1.807) is 18.2 Å². The number of aliphatic hydroxyl groups excluding tert-OH is 2. The standard InChI is InChI=1S/C21H22N2O4/c22-18-9-8-15-10-17(7-6-16(15)11-18)20(25)19(24)12-23-21(26)27-13-14-4-2-1-3-5-14/h1-11,19-20,24-25H,12-13,22H2,(H,23,26). The van der Waals surface area contributed by atoms with Crippen LogP contribution in [0.2, 0.25) is 0 Å². The molecule has 0 heterocycles. The molecule has 27 heavy (non-hydrogen) atoms. The smallest absolute Gasteiger partial charge is 0.407 e. The van der Waals surface area contributed by atoms with Crippen molar-refractivity contribution >= 4 is 22.6 Å². The number of nitrogen functional groups attached to an aromatic ring is 1. The number of nitrogens with two attached hydrogens (primary N) is 1. The van der Waals surface area contributed by atoms with Gasteiger partial charge in [-0.3, -0.25) is 0 Å². The summed E-state index contributed by atoms with van der Waals surface area (Å²) in [5, 5.41) is 24.9. The number of nitrogens with one attached hydrogen (secondary N) is 1. The zero-order chi connectivity index (χ0) is 19.2. The minimum Gasteiger partial charge on any atom is -0.445 e. The number of ether oxygens (including phenoxy) is 1. The molecule has 0 saturated carbocycles. The Kier molecular flexibility index (Phi) is 5.90. The molecule has 3 aromatic rings. The molecule has 0 fully saturated rings. The molecule has 0 aliphatic rings. The molecule has 2 atom stereocenters. The van der Waals surface area contributed by atoms with Crippen LogP contribution in [0.5, 0.6) is 0 Å². The van der Waals surface area contributed by atoms with Gasteiger partial charge in [-0.05, 0) is 40.1 Å². The number of carbonyl (C=O) groups excluding carboxylic acids is 1. The summed E-state index contributed by atoms with van der Waals surface area (Å²) in [6.45, 7) is 0.00763. The van der Waals surface area contributed by atoms with Crippen LogP contribution in [0.15, 0.2) is 66.7 Å². The zero-order valence-electron chi connectivity index (χ0n) is 14.7. The summed E-state index contributed by atoms with van der Waals surface area (Å²) in [6.07, 6.45) is -2.96. The summed E-state index contributed by atoms with van der Waals surface area (Å²) in [4.78, 5) is 11.7. The highest BCUT2D eigenvalue weighted by Gasteiger charge is 2.19. The van der Waals surface area contributed by atoms with E-state index in [1.165, 1.54) is 0 Å². The molecule has 140 valence electrons. The average molecular weight is 366 g/mol. The topological polar surface area (TPSA) is 105 Å². The van der Waals surface area contributed by atoms with Crippen LogP contribution in [-0.4, -0.2) is 29.0 Å². The fourth-order valence-electron chi connectivity index (χ4n) is 2.76. The predicted octanol–water partition coefficient (Wildman–Crippen LogP) is 2.74. The van der Waals surface area contributed by atoms with E-state index < -0.39 is 18.3 Å². The number of aliphatic hydroxyl groups is 2. The third kappa shape index (κ3) is 4.97. The van der Waals surface area contributed by atoms with E-state index in [4.69, 9.17) is 10.5 Å². The Morgan fingerprint density at radius 3 is 2.48 bits per heavy atom. The Hall–Kier alpha value is -3.09. The van der Waals surface area contributed by atoms with Crippen LogP contribution >= 0.6 is 0 Å². The number of fused-ring (bicyclic) bond motifs is 1. The second-order valence-electron chi connectivity index (χ2n) is 6.32. The Bertz CT molecular complexity index is 914. The van der Waals surface area contributed by atoms with Crippen LogP contribution in [-0.2, 0) is 11.3 Å². The van der Waals surface area contributed by atoms with Crippen LogP contribution in [0.3, 0.4) is 0 Å². The van der Waals surface area contributed by atoms with Gasteiger partial charge in [-0.2, -0.15) is 0 Å². The molecule has 3 aromatic carbocycles. The van der Waals surface area contributed by atoms with Crippen LogP contribution in [0.1, 0.15) is 17.2 Å². The molecule has 0 aliphatic carbocycles. The highest BCUT2D eigenvalue weighted by molar-refractivity contribution is 5.86. The van der Waals surface area contributed by atoms with Gasteiger partial charge in [0, 0.05) is 12.2 Å². The first-order chi connectivity index (χ1) is 13.0. The summed E-state index contributed by atoms with van der Waals surface area (Å²) in [5.41, 5.74) is 7.84. The van der Waals surface area contributed by atoms with E-state index in [9.17, 15) is 15.0 Å². The first-order valence-corrected chi connectivity index (χ1v) is 8.63. The zero-order valence-corrected chi connectivity index (χ0v) is 14.7. The average Bonchev–Trinajstić information content (AvgIpc) is 2.70. The van der Waals surface area contributed by atoms with Gasteiger partial charge in [0.2, 0.25) is 0 Å². The van der Waals surface area contributed by atoms with Crippen LogP contribution in [0, 0.1) is 0 Å². The predicted molar refractivity (Wildman–Crippen MR) is 104 cm³/mol. The van der Waals surface area contributed by atoms with Crippen molar-refractivity contribution in [2.75, 3.05) is 12.3 Å². The van der Waals surface area contributed by atoms with E-state index in [1.807, 2.05) is 48.5 Å². The maximum atomic E-state index is 11.7. The molecule has 6 nitrogen and oxygen atoms in total. The number of carbonyl (C=O) groups is 1. The molecule has 0 bridgehead atoms. The molecule has 0 aromatic heterocycles. The van der Waals surface area contributed by atoms with E-state index in [-0.39, 0.29) is 13.2 Å². The number of hydrogen-bond donors (Lipinski definition) is 4. The maximum Gasteiger partial charge on any atom is 0.407 e. The third-order valence-electron chi connectivity index (χ3n) is 4.26. The van der Waals surface area contributed by atoms with E-state index in [0.717, 1.165) is 16.3 Å². The Labute approximate surface area is 157 Å². The minimum absolute atomic E-state index is 0.130.